The summed E-state index contributed by atoms with van der Waals surface area (Å²) in [7, 11) is 0. The zero-order chi connectivity index (χ0) is 22.5. The van der Waals surface area contributed by atoms with Gasteiger partial charge in [0.2, 0.25) is 0 Å². The van der Waals surface area contributed by atoms with Crippen LogP contribution in [0.25, 0.3) is 0 Å². The third-order valence-corrected chi connectivity index (χ3v) is 3.84. The van der Waals surface area contributed by atoms with Crippen LogP contribution in [-0.4, -0.2) is 29.5 Å². The van der Waals surface area contributed by atoms with Gasteiger partial charge in [-0.05, 0) is 32.0 Å². The highest BCUT2D eigenvalue weighted by Gasteiger charge is 2.36. The Kier molecular flexibility index (Phi) is 6.98. The number of rotatable bonds is 7. The summed E-state index contributed by atoms with van der Waals surface area (Å²) >= 11 is 0. The molecule has 1 unspecified atom stereocenters. The maximum atomic E-state index is 13.2. The van der Waals surface area contributed by atoms with Crippen LogP contribution >= 0.6 is 0 Å². The van der Waals surface area contributed by atoms with E-state index in [4.69, 9.17) is 9.47 Å². The number of hydrogen-bond acceptors (Lipinski definition) is 6. The molecule has 160 valence electrons. The van der Waals surface area contributed by atoms with Crippen molar-refractivity contribution in [2.24, 2.45) is 0 Å². The zero-order valence-electron chi connectivity index (χ0n) is 15.9. The lowest BCUT2D eigenvalue weighted by Crippen LogP contribution is -2.31. The standard InChI is InChI=1S/C19H17F3N2O6/c1-3-29-16-7-5-4-6-13(16)18(26)30-11(2)17(25)23-15-9-8-12(24(27)28)10-14(15)19(20,21)22/h4-11H,3H2,1-2H3,(H,23,25). The van der Waals surface area contributed by atoms with Gasteiger partial charge in [0, 0.05) is 12.1 Å². The molecule has 0 bridgehead atoms. The highest BCUT2D eigenvalue weighted by molar-refractivity contribution is 5.98. The molecule has 11 heteroatoms. The number of benzene rings is 2. The van der Waals surface area contributed by atoms with Crippen LogP contribution in [0.15, 0.2) is 42.5 Å². The number of hydrogen-bond donors (Lipinski definition) is 1. The number of nitro groups is 1. The van der Waals surface area contributed by atoms with Crippen LogP contribution in [0.5, 0.6) is 5.75 Å². The lowest BCUT2D eigenvalue weighted by Gasteiger charge is -2.17. The molecule has 0 heterocycles. The third kappa shape index (κ3) is 5.46. The molecule has 1 N–H and O–H groups in total. The van der Waals surface area contributed by atoms with Crippen LogP contribution < -0.4 is 10.1 Å². The van der Waals surface area contributed by atoms with Crippen molar-refractivity contribution >= 4 is 23.3 Å². The van der Waals surface area contributed by atoms with Gasteiger partial charge in [-0.3, -0.25) is 14.9 Å². The lowest BCUT2D eigenvalue weighted by atomic mass is 10.1. The van der Waals surface area contributed by atoms with E-state index in [0.717, 1.165) is 12.1 Å². The number of nitrogens with zero attached hydrogens (tertiary/aromatic N) is 1. The molecule has 0 fully saturated rings. The first-order valence-corrected chi connectivity index (χ1v) is 8.64. The minimum Gasteiger partial charge on any atom is -0.493 e. The van der Waals surface area contributed by atoms with E-state index in [1.165, 1.54) is 19.1 Å². The van der Waals surface area contributed by atoms with Crippen LogP contribution in [0.3, 0.4) is 0 Å². The molecule has 2 rings (SSSR count). The smallest absolute Gasteiger partial charge is 0.418 e. The number of nitrogens with one attached hydrogen (secondary N) is 1. The predicted molar refractivity (Wildman–Crippen MR) is 99.2 cm³/mol. The van der Waals surface area contributed by atoms with Crippen molar-refractivity contribution in [1.29, 1.82) is 0 Å². The van der Waals surface area contributed by atoms with Crippen molar-refractivity contribution < 1.29 is 37.2 Å². The van der Waals surface area contributed by atoms with E-state index < -0.39 is 46.0 Å². The van der Waals surface area contributed by atoms with Gasteiger partial charge in [-0.25, -0.2) is 4.79 Å². The Morgan fingerprint density at radius 2 is 1.87 bits per heavy atom. The van der Waals surface area contributed by atoms with Crippen molar-refractivity contribution in [2.75, 3.05) is 11.9 Å². The van der Waals surface area contributed by atoms with Crippen molar-refractivity contribution in [3.8, 4) is 5.75 Å². The Labute approximate surface area is 168 Å². The third-order valence-electron chi connectivity index (χ3n) is 3.84. The van der Waals surface area contributed by atoms with Gasteiger partial charge in [0.25, 0.3) is 11.6 Å². The number of para-hydroxylation sites is 1. The van der Waals surface area contributed by atoms with Gasteiger partial charge in [-0.2, -0.15) is 13.2 Å². The number of carbonyl (C=O) groups excluding carboxylic acids is 2. The molecular weight excluding hydrogens is 409 g/mol. The summed E-state index contributed by atoms with van der Waals surface area (Å²) in [6.07, 6.45) is -6.41. The fourth-order valence-corrected chi connectivity index (χ4v) is 2.42. The number of anilines is 1. The number of esters is 1. The molecule has 0 radical (unpaired) electrons. The van der Waals surface area contributed by atoms with Gasteiger partial charge in [-0.1, -0.05) is 12.1 Å². The monoisotopic (exact) mass is 426 g/mol. The molecule has 0 saturated heterocycles. The van der Waals surface area contributed by atoms with Gasteiger partial charge >= 0.3 is 12.1 Å². The molecule has 1 amide bonds. The molecule has 0 spiro atoms. The number of non-ortho nitro benzene ring substituents is 1. The summed E-state index contributed by atoms with van der Waals surface area (Å²) < 4.78 is 50.0. The second-order valence-electron chi connectivity index (χ2n) is 5.95. The van der Waals surface area contributed by atoms with E-state index in [9.17, 15) is 32.9 Å². The largest absolute Gasteiger partial charge is 0.493 e. The molecule has 0 aromatic heterocycles. The highest BCUT2D eigenvalue weighted by Crippen LogP contribution is 2.37. The van der Waals surface area contributed by atoms with Crippen molar-refractivity contribution in [3.05, 3.63) is 63.7 Å². The van der Waals surface area contributed by atoms with Gasteiger partial charge in [0.15, 0.2) is 6.10 Å². The summed E-state index contributed by atoms with van der Waals surface area (Å²) in [5, 5.41) is 12.7. The average molecular weight is 426 g/mol. The van der Waals surface area contributed by atoms with Crippen LogP contribution in [0.1, 0.15) is 29.8 Å². The van der Waals surface area contributed by atoms with Crippen molar-refractivity contribution in [2.45, 2.75) is 26.1 Å². The molecule has 2 aromatic carbocycles. The van der Waals surface area contributed by atoms with Gasteiger partial charge < -0.3 is 14.8 Å². The maximum absolute atomic E-state index is 13.2. The normalized spacial score (nSPS) is 12.0. The Morgan fingerprint density at radius 3 is 2.47 bits per heavy atom. The Balaban J connectivity index is 2.18. The fraction of sp³-hybridized carbons (Fsp3) is 0.263. The zero-order valence-corrected chi connectivity index (χ0v) is 15.9. The Morgan fingerprint density at radius 1 is 1.20 bits per heavy atom. The highest BCUT2D eigenvalue weighted by atomic mass is 19.4. The Bertz CT molecular complexity index is 962. The first-order chi connectivity index (χ1) is 14.0. The van der Waals surface area contributed by atoms with E-state index >= 15 is 0 Å². The lowest BCUT2D eigenvalue weighted by molar-refractivity contribution is -0.385. The first kappa shape index (κ1) is 22.7. The second kappa shape index (κ2) is 9.25. The summed E-state index contributed by atoms with van der Waals surface area (Å²) in [4.78, 5) is 34.3. The number of halogens is 3. The summed E-state index contributed by atoms with van der Waals surface area (Å²) in [6, 6.07) is 8.01. The van der Waals surface area contributed by atoms with Crippen LogP contribution in [-0.2, 0) is 15.7 Å². The molecule has 0 aliphatic carbocycles. The molecule has 1 atom stereocenters. The molecule has 8 nitrogen and oxygen atoms in total. The number of alkyl halides is 3. The number of carbonyl (C=O) groups is 2. The van der Waals surface area contributed by atoms with E-state index in [1.54, 1.807) is 19.1 Å². The Hall–Kier alpha value is -3.63. The van der Waals surface area contributed by atoms with E-state index in [1.807, 2.05) is 5.32 Å². The second-order valence-corrected chi connectivity index (χ2v) is 5.95. The summed E-state index contributed by atoms with van der Waals surface area (Å²) in [5.74, 6) is -1.72. The minimum atomic E-state index is -4.95. The first-order valence-electron chi connectivity index (χ1n) is 8.64. The SMILES string of the molecule is CCOc1ccccc1C(=O)OC(C)C(=O)Nc1ccc([N+](=O)[O-])cc1C(F)(F)F. The van der Waals surface area contributed by atoms with E-state index in [-0.39, 0.29) is 17.9 Å². The van der Waals surface area contributed by atoms with Crippen molar-refractivity contribution in [1.82, 2.24) is 0 Å². The topological polar surface area (TPSA) is 108 Å². The number of ether oxygens (including phenoxy) is 2. The van der Waals surface area contributed by atoms with E-state index in [0.29, 0.717) is 6.07 Å². The predicted octanol–water partition coefficient (Wildman–Crippen LogP) is 4.20. The van der Waals surface area contributed by atoms with E-state index in [2.05, 4.69) is 0 Å². The minimum absolute atomic E-state index is 0.0466. The fourth-order valence-electron chi connectivity index (χ4n) is 2.42. The molecule has 30 heavy (non-hydrogen) atoms. The van der Waals surface area contributed by atoms with Crippen LogP contribution in [0, 0.1) is 10.1 Å². The number of amides is 1. The van der Waals surface area contributed by atoms with Gasteiger partial charge in [-0.15, -0.1) is 0 Å². The quantitative estimate of drug-likeness (QED) is 0.404. The molecular formula is C19H17F3N2O6. The van der Waals surface area contributed by atoms with Crippen LogP contribution in [0.4, 0.5) is 24.5 Å². The number of nitro benzene ring substituents is 1. The van der Waals surface area contributed by atoms with Gasteiger partial charge in [0.1, 0.15) is 11.3 Å². The summed E-state index contributed by atoms with van der Waals surface area (Å²) in [5.41, 5.74) is -2.83. The molecule has 2 aromatic rings. The average Bonchev–Trinajstić information content (AvgIpc) is 2.67. The summed E-state index contributed by atoms with van der Waals surface area (Å²) in [6.45, 7) is 3.16. The van der Waals surface area contributed by atoms with Crippen molar-refractivity contribution in [3.63, 3.8) is 0 Å². The molecule has 0 saturated carbocycles. The van der Waals surface area contributed by atoms with Gasteiger partial charge in [0.05, 0.1) is 22.8 Å². The molecule has 0 aliphatic rings. The maximum Gasteiger partial charge on any atom is 0.418 e. The molecule has 0 aliphatic heterocycles. The van der Waals surface area contributed by atoms with Crippen LogP contribution in [0.2, 0.25) is 0 Å².